The van der Waals surface area contributed by atoms with Gasteiger partial charge >= 0.3 is 6.09 Å². The molecule has 4 rings (SSSR count). The van der Waals surface area contributed by atoms with E-state index in [1.54, 1.807) is 31.6 Å². The zero-order valence-corrected chi connectivity index (χ0v) is 16.6. The van der Waals surface area contributed by atoms with Crippen molar-refractivity contribution in [2.75, 3.05) is 13.9 Å². The normalized spacial score (nSPS) is 12.1. The van der Waals surface area contributed by atoms with Crippen molar-refractivity contribution in [3.05, 3.63) is 70.8 Å². The van der Waals surface area contributed by atoms with Crippen LogP contribution in [-0.4, -0.2) is 29.5 Å². The molecule has 0 N–H and O–H groups in total. The number of nitrogens with zero attached hydrogens (tertiary/aromatic N) is 2. The van der Waals surface area contributed by atoms with E-state index in [4.69, 9.17) is 18.9 Å². The number of aryl methyl sites for hydroxylation is 1. The van der Waals surface area contributed by atoms with E-state index in [1.807, 2.05) is 12.1 Å². The number of imidazole rings is 1. The van der Waals surface area contributed by atoms with Crippen LogP contribution in [-0.2, 0) is 17.8 Å². The van der Waals surface area contributed by atoms with Crippen LogP contribution in [0.25, 0.3) is 0 Å². The van der Waals surface area contributed by atoms with Gasteiger partial charge in [-0.05, 0) is 48.2 Å². The van der Waals surface area contributed by atoms with Crippen LogP contribution in [0.1, 0.15) is 28.1 Å². The molecule has 7 nitrogen and oxygen atoms in total. The molecule has 0 spiro atoms. The SMILES string of the molecule is COc1cc(COC(=O)n2ccnc2Cc2cccc(C)c2C)cc2c1OCO2. The molecule has 150 valence electrons. The molecule has 1 aliphatic heterocycles. The highest BCUT2D eigenvalue weighted by molar-refractivity contribution is 5.71. The Balaban J connectivity index is 1.48. The molecule has 0 unspecified atom stereocenters. The largest absolute Gasteiger partial charge is 0.493 e. The van der Waals surface area contributed by atoms with Gasteiger partial charge in [-0.2, -0.15) is 0 Å². The van der Waals surface area contributed by atoms with Gasteiger partial charge in [0.1, 0.15) is 12.4 Å². The van der Waals surface area contributed by atoms with Crippen molar-refractivity contribution in [2.45, 2.75) is 26.9 Å². The maximum absolute atomic E-state index is 12.6. The molecule has 2 aromatic carbocycles. The van der Waals surface area contributed by atoms with Gasteiger partial charge < -0.3 is 18.9 Å². The quantitative estimate of drug-likeness (QED) is 0.651. The molecule has 2 heterocycles. The summed E-state index contributed by atoms with van der Waals surface area (Å²) in [4.78, 5) is 17.0. The van der Waals surface area contributed by atoms with Crippen molar-refractivity contribution in [3.8, 4) is 17.2 Å². The zero-order chi connectivity index (χ0) is 20.4. The molecule has 0 radical (unpaired) electrons. The Labute approximate surface area is 168 Å². The van der Waals surface area contributed by atoms with Crippen molar-refractivity contribution in [1.82, 2.24) is 9.55 Å². The molecular formula is C22H22N2O5. The summed E-state index contributed by atoms with van der Waals surface area (Å²) in [5.41, 5.74) is 4.28. The van der Waals surface area contributed by atoms with Crippen LogP contribution in [0.2, 0.25) is 0 Å². The summed E-state index contributed by atoms with van der Waals surface area (Å²) < 4.78 is 23.0. The van der Waals surface area contributed by atoms with Gasteiger partial charge in [-0.3, -0.25) is 0 Å². The van der Waals surface area contributed by atoms with E-state index in [1.165, 1.54) is 15.7 Å². The third kappa shape index (κ3) is 3.76. The fourth-order valence-electron chi connectivity index (χ4n) is 3.29. The lowest BCUT2D eigenvalue weighted by Crippen LogP contribution is -2.16. The maximum atomic E-state index is 12.6. The highest BCUT2D eigenvalue weighted by atomic mass is 16.7. The molecule has 1 aliphatic rings. The summed E-state index contributed by atoms with van der Waals surface area (Å²) in [6.45, 7) is 4.36. The minimum absolute atomic E-state index is 0.0763. The second-order valence-electron chi connectivity index (χ2n) is 6.84. The third-order valence-electron chi connectivity index (χ3n) is 5.06. The van der Waals surface area contributed by atoms with Crippen LogP contribution in [0.3, 0.4) is 0 Å². The van der Waals surface area contributed by atoms with E-state index in [0.29, 0.717) is 29.5 Å². The fourth-order valence-corrected chi connectivity index (χ4v) is 3.29. The lowest BCUT2D eigenvalue weighted by Gasteiger charge is -2.11. The second kappa shape index (κ2) is 7.87. The smallest absolute Gasteiger partial charge is 0.419 e. The first kappa shape index (κ1) is 18.9. The lowest BCUT2D eigenvalue weighted by molar-refractivity contribution is 0.140. The Kier molecular flexibility index (Phi) is 5.12. The predicted molar refractivity (Wildman–Crippen MR) is 106 cm³/mol. The number of aromatic nitrogens is 2. The van der Waals surface area contributed by atoms with E-state index in [-0.39, 0.29) is 13.4 Å². The molecule has 0 aliphatic carbocycles. The Bertz CT molecular complexity index is 1060. The summed E-state index contributed by atoms with van der Waals surface area (Å²) in [7, 11) is 1.55. The topological polar surface area (TPSA) is 71.8 Å². The van der Waals surface area contributed by atoms with E-state index >= 15 is 0 Å². The summed E-state index contributed by atoms with van der Waals surface area (Å²) >= 11 is 0. The molecule has 0 bridgehead atoms. The van der Waals surface area contributed by atoms with Crippen LogP contribution >= 0.6 is 0 Å². The zero-order valence-electron chi connectivity index (χ0n) is 16.6. The molecular weight excluding hydrogens is 372 g/mol. The molecule has 1 aromatic heterocycles. The first-order valence-electron chi connectivity index (χ1n) is 9.27. The summed E-state index contributed by atoms with van der Waals surface area (Å²) in [5.74, 6) is 2.32. The van der Waals surface area contributed by atoms with Crippen molar-refractivity contribution >= 4 is 6.09 Å². The van der Waals surface area contributed by atoms with Gasteiger partial charge in [-0.15, -0.1) is 0 Å². The first-order valence-corrected chi connectivity index (χ1v) is 9.27. The molecule has 29 heavy (non-hydrogen) atoms. The van der Waals surface area contributed by atoms with E-state index in [2.05, 4.69) is 24.9 Å². The van der Waals surface area contributed by atoms with Crippen LogP contribution in [0.15, 0.2) is 42.7 Å². The predicted octanol–water partition coefficient (Wildman–Crippen LogP) is 4.01. The molecule has 7 heteroatoms. The van der Waals surface area contributed by atoms with Crippen molar-refractivity contribution in [2.24, 2.45) is 0 Å². The Morgan fingerprint density at radius 3 is 2.93 bits per heavy atom. The average molecular weight is 394 g/mol. The standard InChI is InChI=1S/C22H22N2O5/c1-14-5-4-6-17(15(14)2)11-20-23-7-8-24(20)22(25)27-12-16-9-18(26-3)21-19(10-16)28-13-29-21/h4-10H,11-13H2,1-3H3. The maximum Gasteiger partial charge on any atom is 0.419 e. The number of carbonyl (C=O) groups is 1. The number of hydrogen-bond donors (Lipinski definition) is 0. The van der Waals surface area contributed by atoms with Gasteiger partial charge in [0.25, 0.3) is 0 Å². The number of carbonyl (C=O) groups excluding carboxylic acids is 1. The first-order chi connectivity index (χ1) is 14.1. The van der Waals surface area contributed by atoms with E-state index in [0.717, 1.165) is 11.1 Å². The summed E-state index contributed by atoms with van der Waals surface area (Å²) in [6, 6.07) is 9.68. The molecule has 0 amide bonds. The van der Waals surface area contributed by atoms with Crippen molar-refractivity contribution in [1.29, 1.82) is 0 Å². The number of rotatable bonds is 5. The third-order valence-corrected chi connectivity index (χ3v) is 5.06. The van der Waals surface area contributed by atoms with E-state index in [9.17, 15) is 4.79 Å². The van der Waals surface area contributed by atoms with Gasteiger partial charge in [-0.1, -0.05) is 18.2 Å². The van der Waals surface area contributed by atoms with Crippen LogP contribution in [0, 0.1) is 13.8 Å². The minimum Gasteiger partial charge on any atom is -0.493 e. The van der Waals surface area contributed by atoms with Gasteiger partial charge in [0.05, 0.1) is 7.11 Å². The second-order valence-corrected chi connectivity index (χ2v) is 6.84. The molecule has 0 fully saturated rings. The number of benzene rings is 2. The Morgan fingerprint density at radius 2 is 2.10 bits per heavy atom. The Morgan fingerprint density at radius 1 is 1.24 bits per heavy atom. The monoisotopic (exact) mass is 394 g/mol. The van der Waals surface area contributed by atoms with Crippen LogP contribution in [0.5, 0.6) is 17.2 Å². The summed E-state index contributed by atoms with van der Waals surface area (Å²) in [6.07, 6.45) is 3.28. The highest BCUT2D eigenvalue weighted by Gasteiger charge is 2.21. The van der Waals surface area contributed by atoms with Gasteiger partial charge in [-0.25, -0.2) is 14.3 Å². The van der Waals surface area contributed by atoms with Crippen LogP contribution < -0.4 is 14.2 Å². The van der Waals surface area contributed by atoms with Gasteiger partial charge in [0.15, 0.2) is 11.5 Å². The number of methoxy groups -OCH3 is 1. The highest BCUT2D eigenvalue weighted by Crippen LogP contribution is 2.41. The molecule has 3 aromatic rings. The van der Waals surface area contributed by atoms with Gasteiger partial charge in [0, 0.05) is 18.8 Å². The average Bonchev–Trinajstić information content (AvgIpc) is 3.38. The van der Waals surface area contributed by atoms with Gasteiger partial charge in [0.2, 0.25) is 12.5 Å². The number of ether oxygens (including phenoxy) is 4. The van der Waals surface area contributed by atoms with Crippen molar-refractivity contribution < 1.29 is 23.7 Å². The Hall–Kier alpha value is -3.48. The number of hydrogen-bond acceptors (Lipinski definition) is 6. The minimum atomic E-state index is -0.487. The summed E-state index contributed by atoms with van der Waals surface area (Å²) in [5, 5.41) is 0. The fraction of sp³-hybridized carbons (Fsp3) is 0.273. The molecule has 0 atom stereocenters. The number of fused-ring (bicyclic) bond motifs is 1. The van der Waals surface area contributed by atoms with Crippen LogP contribution in [0.4, 0.5) is 4.79 Å². The molecule has 0 saturated carbocycles. The van der Waals surface area contributed by atoms with E-state index < -0.39 is 6.09 Å². The van der Waals surface area contributed by atoms with Crippen molar-refractivity contribution in [3.63, 3.8) is 0 Å². The molecule has 0 saturated heterocycles. The lowest BCUT2D eigenvalue weighted by atomic mass is 10.0.